The van der Waals surface area contributed by atoms with Crippen LogP contribution in [0.2, 0.25) is 0 Å². The van der Waals surface area contributed by atoms with Gasteiger partial charge in [0, 0.05) is 25.2 Å². The topological polar surface area (TPSA) is 38.5 Å². The highest BCUT2D eigenvalue weighted by atomic mass is 16.5. The zero-order valence-corrected chi connectivity index (χ0v) is 7.98. The van der Waals surface area contributed by atoms with E-state index in [-0.39, 0.29) is 0 Å². The van der Waals surface area contributed by atoms with E-state index in [4.69, 9.17) is 10.5 Å². The van der Waals surface area contributed by atoms with Gasteiger partial charge in [0.15, 0.2) is 0 Å². The zero-order chi connectivity index (χ0) is 8.84. The van der Waals surface area contributed by atoms with Crippen molar-refractivity contribution in [1.29, 1.82) is 0 Å². The van der Waals surface area contributed by atoms with Crippen LogP contribution in [0, 0.1) is 0 Å². The summed E-state index contributed by atoms with van der Waals surface area (Å²) in [7, 11) is 0. The fourth-order valence-corrected chi connectivity index (χ4v) is 3.11. The van der Waals surface area contributed by atoms with E-state index >= 15 is 0 Å². The van der Waals surface area contributed by atoms with Crippen LogP contribution in [0.25, 0.3) is 0 Å². The van der Waals surface area contributed by atoms with Gasteiger partial charge in [-0.25, -0.2) is 0 Å². The van der Waals surface area contributed by atoms with Crippen molar-refractivity contribution >= 4 is 0 Å². The van der Waals surface area contributed by atoms with Gasteiger partial charge in [-0.2, -0.15) is 0 Å². The Labute approximate surface area is 79.2 Å². The van der Waals surface area contributed by atoms with Crippen LogP contribution in [0.3, 0.4) is 0 Å². The molecule has 2 N–H and O–H groups in total. The Morgan fingerprint density at radius 2 is 2.23 bits per heavy atom. The van der Waals surface area contributed by atoms with Gasteiger partial charge in [-0.1, -0.05) is 0 Å². The number of ether oxygens (including phenoxy) is 1. The zero-order valence-electron chi connectivity index (χ0n) is 7.98. The number of hydrogen-bond acceptors (Lipinski definition) is 3. The second kappa shape index (κ2) is 2.94. The molecule has 0 aromatic rings. The quantitative estimate of drug-likeness (QED) is 0.669. The predicted molar refractivity (Wildman–Crippen MR) is 50.5 cm³/mol. The third-order valence-corrected chi connectivity index (χ3v) is 3.96. The van der Waals surface area contributed by atoms with Crippen molar-refractivity contribution in [3.8, 4) is 0 Å². The molecule has 0 amide bonds. The summed E-state index contributed by atoms with van der Waals surface area (Å²) in [6, 6.07) is 1.37. The molecule has 3 heteroatoms. The van der Waals surface area contributed by atoms with E-state index in [0.29, 0.717) is 24.3 Å². The molecule has 3 heterocycles. The van der Waals surface area contributed by atoms with Crippen molar-refractivity contribution in [3.05, 3.63) is 0 Å². The van der Waals surface area contributed by atoms with Crippen LogP contribution in [0.4, 0.5) is 0 Å². The first kappa shape index (κ1) is 8.21. The first-order valence-electron chi connectivity index (χ1n) is 5.50. The maximum absolute atomic E-state index is 5.85. The molecule has 3 rings (SSSR count). The third-order valence-electron chi connectivity index (χ3n) is 3.96. The summed E-state index contributed by atoms with van der Waals surface area (Å²) in [5.41, 5.74) is 5.71. The Balaban J connectivity index is 1.66. The van der Waals surface area contributed by atoms with Gasteiger partial charge in [-0.15, -0.1) is 0 Å². The van der Waals surface area contributed by atoms with Gasteiger partial charge < -0.3 is 10.5 Å². The van der Waals surface area contributed by atoms with Crippen LogP contribution < -0.4 is 5.73 Å². The van der Waals surface area contributed by atoms with Gasteiger partial charge in [0.1, 0.15) is 0 Å². The Kier molecular flexibility index (Phi) is 1.86. The lowest BCUT2D eigenvalue weighted by molar-refractivity contribution is 0.00626. The van der Waals surface area contributed by atoms with E-state index in [1.54, 1.807) is 0 Å². The minimum Gasteiger partial charge on any atom is -0.373 e. The van der Waals surface area contributed by atoms with Crippen LogP contribution in [-0.2, 0) is 4.74 Å². The van der Waals surface area contributed by atoms with Crippen LogP contribution in [0.1, 0.15) is 25.7 Å². The fraction of sp³-hybridized carbons (Fsp3) is 1.00. The molecule has 4 unspecified atom stereocenters. The highest BCUT2D eigenvalue weighted by Gasteiger charge is 2.47. The maximum atomic E-state index is 5.85. The first-order valence-corrected chi connectivity index (χ1v) is 5.50. The smallest absolute Gasteiger partial charge is 0.0736 e. The van der Waals surface area contributed by atoms with Crippen LogP contribution in [0.15, 0.2) is 0 Å². The SMILES string of the molecule is NCC1CCN1C1CC2CCC1O2. The van der Waals surface area contributed by atoms with Gasteiger partial charge in [-0.3, -0.25) is 4.90 Å². The molecular formula is C10H18N2O. The molecule has 3 aliphatic heterocycles. The summed E-state index contributed by atoms with van der Waals surface area (Å²) < 4.78 is 5.85. The number of nitrogens with two attached hydrogens (primary N) is 1. The van der Waals surface area contributed by atoms with Crippen LogP contribution in [0.5, 0.6) is 0 Å². The summed E-state index contributed by atoms with van der Waals surface area (Å²) in [6.45, 7) is 2.08. The number of fused-ring (bicyclic) bond motifs is 2. The van der Waals surface area contributed by atoms with Crippen molar-refractivity contribution in [2.24, 2.45) is 5.73 Å². The molecule has 3 fully saturated rings. The molecule has 4 atom stereocenters. The van der Waals surface area contributed by atoms with Gasteiger partial charge in [0.25, 0.3) is 0 Å². The number of rotatable bonds is 2. The normalized spacial score (nSPS) is 49.6. The van der Waals surface area contributed by atoms with E-state index in [0.717, 1.165) is 6.54 Å². The second-order valence-corrected chi connectivity index (χ2v) is 4.59. The molecule has 3 nitrogen and oxygen atoms in total. The molecule has 2 bridgehead atoms. The van der Waals surface area contributed by atoms with Gasteiger partial charge in [0.2, 0.25) is 0 Å². The average molecular weight is 182 g/mol. The van der Waals surface area contributed by atoms with E-state index in [9.17, 15) is 0 Å². The van der Waals surface area contributed by atoms with Crippen molar-refractivity contribution in [3.63, 3.8) is 0 Å². The van der Waals surface area contributed by atoms with Gasteiger partial charge in [-0.05, 0) is 25.7 Å². The van der Waals surface area contributed by atoms with E-state index < -0.39 is 0 Å². The highest BCUT2D eigenvalue weighted by molar-refractivity contribution is 5.00. The molecule has 3 aliphatic rings. The summed E-state index contributed by atoms with van der Waals surface area (Å²) in [5, 5.41) is 0. The monoisotopic (exact) mass is 182 g/mol. The summed E-state index contributed by atoms with van der Waals surface area (Å²) in [5.74, 6) is 0. The number of nitrogens with zero attached hydrogens (tertiary/aromatic N) is 1. The predicted octanol–water partition coefficient (Wildman–Crippen LogP) is 0.339. The first-order chi connectivity index (χ1) is 6.38. The molecule has 0 aromatic heterocycles. The van der Waals surface area contributed by atoms with E-state index in [1.165, 1.54) is 32.2 Å². The van der Waals surface area contributed by atoms with Crippen molar-refractivity contribution in [2.75, 3.05) is 13.1 Å². The Bertz CT molecular complexity index is 207. The summed E-state index contributed by atoms with van der Waals surface area (Å²) in [6.07, 6.45) is 6.25. The highest BCUT2D eigenvalue weighted by Crippen LogP contribution is 2.39. The fourth-order valence-electron chi connectivity index (χ4n) is 3.11. The Morgan fingerprint density at radius 1 is 1.31 bits per heavy atom. The van der Waals surface area contributed by atoms with Crippen LogP contribution >= 0.6 is 0 Å². The molecule has 3 saturated heterocycles. The Morgan fingerprint density at radius 3 is 2.69 bits per heavy atom. The van der Waals surface area contributed by atoms with Crippen molar-refractivity contribution in [2.45, 2.75) is 50.0 Å². The van der Waals surface area contributed by atoms with Crippen LogP contribution in [-0.4, -0.2) is 42.3 Å². The van der Waals surface area contributed by atoms with Crippen molar-refractivity contribution in [1.82, 2.24) is 4.90 Å². The number of hydrogen-bond donors (Lipinski definition) is 1. The minimum absolute atomic E-state index is 0.541. The average Bonchev–Trinajstić information content (AvgIpc) is 2.63. The number of likely N-dealkylation sites (tertiary alicyclic amines) is 1. The minimum atomic E-state index is 0.541. The molecule has 0 radical (unpaired) electrons. The van der Waals surface area contributed by atoms with E-state index in [2.05, 4.69) is 4.90 Å². The lowest BCUT2D eigenvalue weighted by Gasteiger charge is -2.46. The molecule has 0 aliphatic carbocycles. The lowest BCUT2D eigenvalue weighted by Crippen LogP contribution is -2.58. The molecule has 13 heavy (non-hydrogen) atoms. The standard InChI is InChI=1S/C10H18N2O/c11-6-7-3-4-12(7)9-5-8-1-2-10(9)13-8/h7-10H,1-6,11H2. The summed E-state index contributed by atoms with van der Waals surface area (Å²) >= 11 is 0. The molecule has 74 valence electrons. The lowest BCUT2D eigenvalue weighted by atomic mass is 9.89. The van der Waals surface area contributed by atoms with Gasteiger partial charge >= 0.3 is 0 Å². The van der Waals surface area contributed by atoms with Gasteiger partial charge in [0.05, 0.1) is 12.2 Å². The molecule has 0 saturated carbocycles. The molecular weight excluding hydrogens is 164 g/mol. The van der Waals surface area contributed by atoms with E-state index in [1.807, 2.05) is 0 Å². The third kappa shape index (κ3) is 1.14. The van der Waals surface area contributed by atoms with Crippen molar-refractivity contribution < 1.29 is 4.74 Å². The largest absolute Gasteiger partial charge is 0.373 e. The summed E-state index contributed by atoms with van der Waals surface area (Å²) in [4.78, 5) is 2.57. The maximum Gasteiger partial charge on any atom is 0.0736 e. The molecule has 0 aromatic carbocycles. The Hall–Kier alpha value is -0.120. The molecule has 0 spiro atoms. The second-order valence-electron chi connectivity index (χ2n) is 4.59.